The Morgan fingerprint density at radius 2 is 1.88 bits per heavy atom. The van der Waals surface area contributed by atoms with Gasteiger partial charge in [-0.2, -0.15) is 0 Å². The van der Waals surface area contributed by atoms with E-state index in [2.05, 4.69) is 4.40 Å². The molecule has 2 heterocycles. The van der Waals surface area contributed by atoms with Crippen molar-refractivity contribution in [3.63, 3.8) is 0 Å². The Hall–Kier alpha value is -2.94. The second kappa shape index (κ2) is 7.12. The molecule has 0 atom stereocenters. The third-order valence-corrected chi connectivity index (χ3v) is 4.80. The zero-order valence-electron chi connectivity index (χ0n) is 13.9. The Kier molecular flexibility index (Phi) is 4.90. The number of rotatable bonds is 4. The Morgan fingerprint density at radius 3 is 2.58 bits per heavy atom. The van der Waals surface area contributed by atoms with Crippen molar-refractivity contribution in [3.8, 4) is 5.75 Å². The van der Waals surface area contributed by atoms with E-state index in [1.54, 1.807) is 11.8 Å². The number of amidine groups is 1. The summed E-state index contributed by atoms with van der Waals surface area (Å²) in [4.78, 5) is 25.5. The number of ether oxygens (including phenoxy) is 2. The highest BCUT2D eigenvalue weighted by atomic mass is 32.2. The van der Waals surface area contributed by atoms with Crippen molar-refractivity contribution in [1.29, 1.82) is 0 Å². The van der Waals surface area contributed by atoms with Gasteiger partial charge in [-0.05, 0) is 43.3 Å². The first-order chi connectivity index (χ1) is 12.4. The van der Waals surface area contributed by atoms with Crippen LogP contribution in [-0.4, -0.2) is 50.0 Å². The first-order valence-electron chi connectivity index (χ1n) is 7.86. The molecule has 0 saturated heterocycles. The van der Waals surface area contributed by atoms with Gasteiger partial charge in [-0.15, -0.1) is 4.40 Å². The van der Waals surface area contributed by atoms with E-state index in [1.807, 2.05) is 0 Å². The lowest BCUT2D eigenvalue weighted by Gasteiger charge is -2.26. The summed E-state index contributed by atoms with van der Waals surface area (Å²) in [6.45, 7) is 2.21. The van der Waals surface area contributed by atoms with Crippen LogP contribution >= 0.6 is 0 Å². The molecule has 1 aromatic carbocycles. The van der Waals surface area contributed by atoms with Crippen LogP contribution in [-0.2, 0) is 19.6 Å². The topological polar surface area (TPSA) is 102 Å². The third-order valence-electron chi connectivity index (χ3n) is 3.64. The highest BCUT2D eigenvalue weighted by Gasteiger charge is 2.25. The summed E-state index contributed by atoms with van der Waals surface area (Å²) in [5, 5.41) is 0. The first kappa shape index (κ1) is 17.9. The fourth-order valence-electron chi connectivity index (χ4n) is 2.36. The zero-order valence-corrected chi connectivity index (χ0v) is 14.7. The van der Waals surface area contributed by atoms with Crippen LogP contribution in [0.25, 0.3) is 0 Å². The van der Waals surface area contributed by atoms with Gasteiger partial charge in [-0.1, -0.05) is 0 Å². The van der Waals surface area contributed by atoms with E-state index in [1.165, 1.54) is 42.6 Å². The average Bonchev–Trinajstić information content (AvgIpc) is 2.61. The van der Waals surface area contributed by atoms with Gasteiger partial charge in [0.25, 0.3) is 10.0 Å². The Labute approximate surface area is 150 Å². The summed E-state index contributed by atoms with van der Waals surface area (Å²) in [5.74, 6) is -0.615. The Bertz CT molecular complexity index is 929. The minimum Gasteiger partial charge on any atom is -0.462 e. The molecule has 0 amide bonds. The molecular formula is C17H16N2O6S. The normalized spacial score (nSPS) is 17.7. The van der Waals surface area contributed by atoms with Crippen LogP contribution in [0.3, 0.4) is 0 Å². The lowest BCUT2D eigenvalue weighted by Crippen LogP contribution is -2.37. The molecule has 0 N–H and O–H groups in total. The molecule has 2 aliphatic rings. The van der Waals surface area contributed by atoms with E-state index in [9.17, 15) is 18.0 Å². The predicted octanol–water partition coefficient (Wildman–Crippen LogP) is 1.27. The Morgan fingerprint density at radius 1 is 1.15 bits per heavy atom. The van der Waals surface area contributed by atoms with Gasteiger partial charge in [0.1, 0.15) is 11.6 Å². The summed E-state index contributed by atoms with van der Waals surface area (Å²) >= 11 is 0. The minimum atomic E-state index is -3.44. The molecule has 0 fully saturated rings. The van der Waals surface area contributed by atoms with Crippen molar-refractivity contribution in [2.75, 3.05) is 18.9 Å². The van der Waals surface area contributed by atoms with Crippen molar-refractivity contribution in [3.05, 3.63) is 53.8 Å². The predicted molar refractivity (Wildman–Crippen MR) is 93.2 cm³/mol. The van der Waals surface area contributed by atoms with Crippen LogP contribution in [0.1, 0.15) is 17.3 Å². The van der Waals surface area contributed by atoms with Gasteiger partial charge in [0, 0.05) is 12.7 Å². The summed E-state index contributed by atoms with van der Waals surface area (Å²) in [6.07, 6.45) is 4.41. The molecule has 0 spiro atoms. The maximum Gasteiger partial charge on any atom is 0.345 e. The minimum absolute atomic E-state index is 0.113. The Balaban J connectivity index is 1.69. The van der Waals surface area contributed by atoms with Gasteiger partial charge in [0.15, 0.2) is 0 Å². The maximum atomic E-state index is 12.3. The number of sulfonamides is 1. The first-order valence-corrected chi connectivity index (χ1v) is 9.47. The number of benzene rings is 1. The highest BCUT2D eigenvalue weighted by molar-refractivity contribution is 7.90. The molecule has 136 valence electrons. The molecule has 26 heavy (non-hydrogen) atoms. The molecule has 9 heteroatoms. The van der Waals surface area contributed by atoms with Crippen LogP contribution in [0.5, 0.6) is 5.75 Å². The number of carbonyl (C=O) groups is 2. The van der Waals surface area contributed by atoms with E-state index in [0.717, 1.165) is 0 Å². The molecule has 0 aromatic heterocycles. The van der Waals surface area contributed by atoms with Crippen molar-refractivity contribution < 1.29 is 27.5 Å². The van der Waals surface area contributed by atoms with Crippen LogP contribution < -0.4 is 4.74 Å². The van der Waals surface area contributed by atoms with Crippen molar-refractivity contribution in [1.82, 2.24) is 4.90 Å². The standard InChI is InChI=1S/C17H16N2O6S/c1-2-24-16(20)12-3-6-14(7-4-12)25-17(21)13-5-8-15-18-26(22,23)10-9-19(15)11-13/h3-8,11H,2,9-10H2,1H3. The second-order valence-electron chi connectivity index (χ2n) is 5.48. The number of fused-ring (bicyclic) bond motifs is 1. The third kappa shape index (κ3) is 3.99. The van der Waals surface area contributed by atoms with Gasteiger partial charge in [-0.3, -0.25) is 0 Å². The van der Waals surface area contributed by atoms with Gasteiger partial charge in [0.2, 0.25) is 0 Å². The molecular weight excluding hydrogens is 360 g/mol. The summed E-state index contributed by atoms with van der Waals surface area (Å²) < 4.78 is 36.8. The lowest BCUT2D eigenvalue weighted by atomic mass is 10.2. The molecule has 0 radical (unpaired) electrons. The molecule has 8 nitrogen and oxygen atoms in total. The molecule has 2 aliphatic heterocycles. The summed E-state index contributed by atoms with van der Waals surface area (Å²) in [5.41, 5.74) is 0.622. The monoisotopic (exact) mass is 376 g/mol. The van der Waals surface area contributed by atoms with Crippen LogP contribution in [0.4, 0.5) is 0 Å². The van der Waals surface area contributed by atoms with Crippen LogP contribution in [0.2, 0.25) is 0 Å². The number of esters is 2. The molecule has 0 unspecified atom stereocenters. The maximum absolute atomic E-state index is 12.3. The SMILES string of the molecule is CCOC(=O)c1ccc(OC(=O)C2=CN3CCS(=O)(=O)N=C3C=C2)cc1. The molecule has 0 bridgehead atoms. The number of nitrogens with zero attached hydrogens (tertiary/aromatic N) is 2. The van der Waals surface area contributed by atoms with E-state index in [0.29, 0.717) is 5.56 Å². The van der Waals surface area contributed by atoms with Gasteiger partial charge >= 0.3 is 11.9 Å². The van der Waals surface area contributed by atoms with Crippen molar-refractivity contribution in [2.45, 2.75) is 6.92 Å². The van der Waals surface area contributed by atoms with E-state index >= 15 is 0 Å². The van der Waals surface area contributed by atoms with Crippen molar-refractivity contribution in [2.24, 2.45) is 4.40 Å². The molecule has 3 rings (SSSR count). The average molecular weight is 376 g/mol. The molecule has 0 aliphatic carbocycles. The number of hydrogen-bond donors (Lipinski definition) is 0. The number of hydrogen-bond acceptors (Lipinski definition) is 7. The van der Waals surface area contributed by atoms with Crippen LogP contribution in [0.15, 0.2) is 52.6 Å². The summed E-state index contributed by atoms with van der Waals surface area (Å²) in [7, 11) is -3.44. The van der Waals surface area contributed by atoms with Gasteiger partial charge in [-0.25, -0.2) is 18.0 Å². The highest BCUT2D eigenvalue weighted by Crippen LogP contribution is 2.19. The van der Waals surface area contributed by atoms with Gasteiger partial charge < -0.3 is 14.4 Å². The summed E-state index contributed by atoms with van der Waals surface area (Å²) in [6, 6.07) is 6.01. The number of carbonyl (C=O) groups excluding carboxylic acids is 2. The van der Waals surface area contributed by atoms with E-state index < -0.39 is 22.0 Å². The van der Waals surface area contributed by atoms with Gasteiger partial charge in [0.05, 0.1) is 23.5 Å². The smallest absolute Gasteiger partial charge is 0.345 e. The van der Waals surface area contributed by atoms with Crippen LogP contribution in [0, 0.1) is 0 Å². The molecule has 0 saturated carbocycles. The van der Waals surface area contributed by atoms with Crippen molar-refractivity contribution >= 4 is 27.8 Å². The second-order valence-corrected chi connectivity index (χ2v) is 7.24. The van der Waals surface area contributed by atoms with E-state index in [4.69, 9.17) is 9.47 Å². The van der Waals surface area contributed by atoms with E-state index in [-0.39, 0.29) is 36.1 Å². The largest absolute Gasteiger partial charge is 0.462 e. The fourth-order valence-corrected chi connectivity index (χ4v) is 3.33. The lowest BCUT2D eigenvalue weighted by molar-refractivity contribution is -0.129. The zero-order chi connectivity index (χ0) is 18.7. The fraction of sp³-hybridized carbons (Fsp3) is 0.235. The quantitative estimate of drug-likeness (QED) is 0.576. The molecule has 1 aromatic rings.